The second kappa shape index (κ2) is 13.2. The average molecular weight is 615 g/mol. The van der Waals surface area contributed by atoms with Gasteiger partial charge in [-0.1, -0.05) is 146 Å². The fourth-order valence-electron chi connectivity index (χ4n) is 6.55. The van der Waals surface area contributed by atoms with E-state index in [9.17, 15) is 0 Å². The van der Waals surface area contributed by atoms with Crippen LogP contribution in [-0.2, 0) is 0 Å². The Morgan fingerprint density at radius 2 is 0.854 bits per heavy atom. The third kappa shape index (κ3) is 5.72. The van der Waals surface area contributed by atoms with Crippen molar-refractivity contribution in [2.45, 2.75) is 0 Å². The number of fused-ring (bicyclic) bond motifs is 1. The number of rotatable bonds is 8. The number of hydrogen-bond acceptors (Lipinski definition) is 1. The summed E-state index contributed by atoms with van der Waals surface area (Å²) in [6, 6.07) is 68.8. The Hall–Kier alpha value is -6.38. The molecule has 8 aromatic rings. The van der Waals surface area contributed by atoms with Crippen LogP contribution in [0.5, 0.6) is 0 Å². The lowest BCUT2D eigenvalue weighted by atomic mass is 9.97. The largest absolute Gasteiger partial charge is 0.311 e. The quantitative estimate of drug-likeness (QED) is 0.155. The molecule has 0 aliphatic rings. The van der Waals surface area contributed by atoms with Gasteiger partial charge in [0.05, 0.1) is 11.2 Å². The van der Waals surface area contributed by atoms with Gasteiger partial charge in [0.25, 0.3) is 0 Å². The molecule has 228 valence electrons. The van der Waals surface area contributed by atoms with Crippen LogP contribution in [0.15, 0.2) is 194 Å². The molecule has 2 heteroatoms. The maximum atomic E-state index is 2.41. The summed E-state index contributed by atoms with van der Waals surface area (Å²) in [6.07, 6.45) is 4.42. The van der Waals surface area contributed by atoms with E-state index in [0.29, 0.717) is 0 Å². The Bertz CT molecular complexity index is 2250. The number of benzene rings is 7. The van der Waals surface area contributed by atoms with Crippen molar-refractivity contribution in [3.8, 4) is 28.1 Å². The second-order valence-electron chi connectivity index (χ2n) is 11.8. The van der Waals surface area contributed by atoms with Crippen LogP contribution in [0.3, 0.4) is 0 Å². The highest BCUT2D eigenvalue weighted by atomic mass is 15.1. The first-order chi connectivity index (χ1) is 23.8. The topological polar surface area (TPSA) is 8.17 Å². The number of para-hydroxylation sites is 3. The summed E-state index contributed by atoms with van der Waals surface area (Å²) >= 11 is 0. The molecular formula is C46H34N2. The molecule has 0 saturated heterocycles. The molecule has 0 spiro atoms. The number of nitrogens with zero attached hydrogens (tertiary/aromatic N) is 2. The molecule has 1 heterocycles. The molecule has 0 amide bonds. The molecule has 7 aromatic carbocycles. The molecule has 0 bridgehead atoms. The number of hydrogen-bond donors (Lipinski definition) is 0. The van der Waals surface area contributed by atoms with Crippen LogP contribution in [0.25, 0.3) is 51.1 Å². The molecule has 0 aliphatic carbocycles. The third-order valence-corrected chi connectivity index (χ3v) is 8.76. The van der Waals surface area contributed by atoms with E-state index in [1.54, 1.807) is 0 Å². The van der Waals surface area contributed by atoms with Gasteiger partial charge in [-0.15, -0.1) is 0 Å². The van der Waals surface area contributed by atoms with Gasteiger partial charge in [-0.3, -0.25) is 0 Å². The zero-order valence-electron chi connectivity index (χ0n) is 26.5. The van der Waals surface area contributed by atoms with Gasteiger partial charge in [-0.05, 0) is 82.9 Å². The zero-order valence-corrected chi connectivity index (χ0v) is 26.5. The molecule has 1 aromatic heterocycles. The molecule has 0 N–H and O–H groups in total. The van der Waals surface area contributed by atoms with E-state index >= 15 is 0 Å². The minimum absolute atomic E-state index is 1.12. The summed E-state index contributed by atoms with van der Waals surface area (Å²) in [5, 5.41) is 1.22. The Kier molecular flexibility index (Phi) is 7.96. The number of anilines is 3. The van der Waals surface area contributed by atoms with Gasteiger partial charge in [-0.2, -0.15) is 0 Å². The molecule has 0 saturated carbocycles. The lowest BCUT2D eigenvalue weighted by Crippen LogP contribution is -2.09. The van der Waals surface area contributed by atoms with Crippen LogP contribution < -0.4 is 4.90 Å². The smallest absolute Gasteiger partial charge is 0.0619 e. The van der Waals surface area contributed by atoms with Gasteiger partial charge in [-0.25, -0.2) is 0 Å². The Morgan fingerprint density at radius 1 is 0.396 bits per heavy atom. The van der Waals surface area contributed by atoms with Crippen LogP contribution in [0.1, 0.15) is 11.1 Å². The highest BCUT2D eigenvalue weighted by molar-refractivity contribution is 6.06. The SMILES string of the molecule is C(=Cc1ccc2c(c1)c(-c1ccccc1)c(-c1ccccc1)n2-c1ccccc1)c1ccc(N(c2ccccc2)c2ccccc2)cc1. The molecule has 0 aliphatic heterocycles. The molecule has 2 nitrogen and oxygen atoms in total. The fourth-order valence-corrected chi connectivity index (χ4v) is 6.55. The van der Waals surface area contributed by atoms with Gasteiger partial charge in [0, 0.05) is 33.7 Å². The summed E-state index contributed by atoms with van der Waals surface area (Å²) in [7, 11) is 0. The van der Waals surface area contributed by atoms with E-state index in [1.807, 2.05) is 0 Å². The van der Waals surface area contributed by atoms with Crippen molar-refractivity contribution < 1.29 is 0 Å². The van der Waals surface area contributed by atoms with Gasteiger partial charge >= 0.3 is 0 Å². The Morgan fingerprint density at radius 3 is 1.44 bits per heavy atom. The first kappa shape index (κ1) is 29.1. The van der Waals surface area contributed by atoms with E-state index < -0.39 is 0 Å². The van der Waals surface area contributed by atoms with E-state index in [2.05, 4.69) is 216 Å². The van der Waals surface area contributed by atoms with Gasteiger partial charge in [0.1, 0.15) is 0 Å². The predicted octanol–water partition coefficient (Wildman–Crippen LogP) is 12.6. The van der Waals surface area contributed by atoms with E-state index in [1.165, 1.54) is 33.3 Å². The highest BCUT2D eigenvalue weighted by Gasteiger charge is 2.21. The van der Waals surface area contributed by atoms with Crippen LogP contribution in [0.2, 0.25) is 0 Å². The minimum atomic E-state index is 1.12. The molecule has 0 radical (unpaired) electrons. The molecule has 8 rings (SSSR count). The number of aromatic nitrogens is 1. The third-order valence-electron chi connectivity index (χ3n) is 8.76. The molecule has 0 fully saturated rings. The second-order valence-corrected chi connectivity index (χ2v) is 11.8. The summed E-state index contributed by atoms with van der Waals surface area (Å²) < 4.78 is 2.41. The van der Waals surface area contributed by atoms with Crippen LogP contribution >= 0.6 is 0 Å². The summed E-state index contributed by atoms with van der Waals surface area (Å²) in [6.45, 7) is 0. The summed E-state index contributed by atoms with van der Waals surface area (Å²) in [5.41, 5.74) is 12.8. The van der Waals surface area contributed by atoms with Crippen molar-refractivity contribution >= 4 is 40.1 Å². The first-order valence-corrected chi connectivity index (χ1v) is 16.4. The van der Waals surface area contributed by atoms with Crippen molar-refractivity contribution in [1.82, 2.24) is 4.57 Å². The summed E-state index contributed by atoms with van der Waals surface area (Å²) in [4.78, 5) is 2.29. The maximum Gasteiger partial charge on any atom is 0.0619 e. The summed E-state index contributed by atoms with van der Waals surface area (Å²) in [5.74, 6) is 0. The van der Waals surface area contributed by atoms with Gasteiger partial charge in [0.15, 0.2) is 0 Å². The lowest BCUT2D eigenvalue weighted by Gasteiger charge is -2.25. The normalized spacial score (nSPS) is 11.2. The zero-order chi connectivity index (χ0) is 32.1. The van der Waals surface area contributed by atoms with Crippen LogP contribution in [-0.4, -0.2) is 4.57 Å². The average Bonchev–Trinajstić information content (AvgIpc) is 3.51. The maximum absolute atomic E-state index is 2.41. The monoisotopic (exact) mass is 614 g/mol. The van der Waals surface area contributed by atoms with Gasteiger partial charge in [0.2, 0.25) is 0 Å². The van der Waals surface area contributed by atoms with Crippen molar-refractivity contribution in [3.05, 3.63) is 205 Å². The van der Waals surface area contributed by atoms with Crippen molar-refractivity contribution in [2.24, 2.45) is 0 Å². The van der Waals surface area contributed by atoms with Crippen molar-refractivity contribution in [3.63, 3.8) is 0 Å². The standard InChI is InChI=1S/C46H34N2/c1-6-16-37(17-7-1)45-43-34-36(30-33-44(43)48(41-24-14-5-15-25-41)46(45)38-18-8-2-9-19-38)27-26-35-28-31-42(32-29-35)47(39-20-10-3-11-21-39)40-22-12-4-13-23-40/h1-34H. The predicted molar refractivity (Wildman–Crippen MR) is 204 cm³/mol. The van der Waals surface area contributed by atoms with Crippen molar-refractivity contribution in [1.29, 1.82) is 0 Å². The van der Waals surface area contributed by atoms with E-state index in [0.717, 1.165) is 33.9 Å². The first-order valence-electron chi connectivity index (χ1n) is 16.4. The van der Waals surface area contributed by atoms with E-state index in [4.69, 9.17) is 0 Å². The van der Waals surface area contributed by atoms with Gasteiger partial charge < -0.3 is 9.47 Å². The minimum Gasteiger partial charge on any atom is -0.311 e. The van der Waals surface area contributed by atoms with Crippen molar-refractivity contribution in [2.75, 3.05) is 4.90 Å². The van der Waals surface area contributed by atoms with Crippen LogP contribution in [0.4, 0.5) is 17.1 Å². The molecular weight excluding hydrogens is 581 g/mol. The molecule has 0 atom stereocenters. The highest BCUT2D eigenvalue weighted by Crippen LogP contribution is 2.43. The molecule has 48 heavy (non-hydrogen) atoms. The lowest BCUT2D eigenvalue weighted by molar-refractivity contribution is 1.13. The Labute approximate surface area is 282 Å². The van der Waals surface area contributed by atoms with Crippen LogP contribution in [0, 0.1) is 0 Å². The molecule has 0 unspecified atom stereocenters. The fraction of sp³-hybridized carbons (Fsp3) is 0. The Balaban J connectivity index is 1.21. The van der Waals surface area contributed by atoms with E-state index in [-0.39, 0.29) is 0 Å².